The van der Waals surface area contributed by atoms with Crippen molar-refractivity contribution < 1.29 is 19.2 Å². The molecule has 0 bridgehead atoms. The zero-order valence-electron chi connectivity index (χ0n) is 18.3. The van der Waals surface area contributed by atoms with E-state index in [1.807, 2.05) is 20.8 Å². The molecular formula is C21H33ClN4O4. The molecular weight excluding hydrogens is 408 g/mol. The first-order valence-electron chi connectivity index (χ1n) is 10.6. The van der Waals surface area contributed by atoms with Crippen LogP contribution >= 0.6 is 11.8 Å². The van der Waals surface area contributed by atoms with Crippen LogP contribution < -0.4 is 15.9 Å². The predicted octanol–water partition coefficient (Wildman–Crippen LogP) is 0.967. The summed E-state index contributed by atoms with van der Waals surface area (Å²) in [5.41, 5.74) is 4.68. The van der Waals surface area contributed by atoms with E-state index in [-0.39, 0.29) is 23.2 Å². The van der Waals surface area contributed by atoms with E-state index in [0.29, 0.717) is 18.9 Å². The number of hydrogen-bond acceptors (Lipinski definition) is 5. The number of primary amides is 1. The predicted molar refractivity (Wildman–Crippen MR) is 112 cm³/mol. The van der Waals surface area contributed by atoms with Crippen LogP contribution in [0.15, 0.2) is 0 Å². The first kappa shape index (κ1) is 23.0. The zero-order valence-corrected chi connectivity index (χ0v) is 19.1. The lowest BCUT2D eigenvalue weighted by Crippen LogP contribution is -2.59. The number of hydrogen-bond donors (Lipinski definition) is 3. The fourth-order valence-corrected chi connectivity index (χ4v) is 5.33. The topological polar surface area (TPSA) is 122 Å². The SMILES string of the molecule is CC1(C)C2CN(C(=O)[C@@H](NCl)C(C)(C)C)C(C(=O)NC(CC3CC3)C(=O)C(N)=O)C21. The van der Waals surface area contributed by atoms with Crippen LogP contribution in [0.3, 0.4) is 0 Å². The van der Waals surface area contributed by atoms with E-state index >= 15 is 0 Å². The van der Waals surface area contributed by atoms with Gasteiger partial charge in [0.05, 0.1) is 6.04 Å². The van der Waals surface area contributed by atoms with E-state index in [1.54, 1.807) is 4.90 Å². The Morgan fingerprint density at radius 1 is 1.20 bits per heavy atom. The van der Waals surface area contributed by atoms with Crippen LogP contribution in [0.1, 0.15) is 53.9 Å². The molecule has 4 unspecified atom stereocenters. The molecule has 0 aromatic heterocycles. The van der Waals surface area contributed by atoms with Gasteiger partial charge in [-0.3, -0.25) is 19.2 Å². The van der Waals surface area contributed by atoms with Crippen molar-refractivity contribution in [2.24, 2.45) is 34.3 Å². The summed E-state index contributed by atoms with van der Waals surface area (Å²) in [6, 6.07) is -2.30. The summed E-state index contributed by atoms with van der Waals surface area (Å²) >= 11 is 5.89. The summed E-state index contributed by atoms with van der Waals surface area (Å²) in [5, 5.41) is 2.75. The highest BCUT2D eigenvalue weighted by Gasteiger charge is 2.69. The maximum absolute atomic E-state index is 13.3. The third-order valence-electron chi connectivity index (χ3n) is 7.12. The monoisotopic (exact) mass is 440 g/mol. The summed E-state index contributed by atoms with van der Waals surface area (Å²) in [4.78, 5) is 54.5. The van der Waals surface area contributed by atoms with E-state index in [0.717, 1.165) is 12.8 Å². The van der Waals surface area contributed by atoms with Gasteiger partial charge in [-0.15, -0.1) is 0 Å². The highest BCUT2D eigenvalue weighted by Crippen LogP contribution is 2.65. The molecule has 5 atom stereocenters. The molecule has 0 radical (unpaired) electrons. The summed E-state index contributed by atoms with van der Waals surface area (Å²) in [7, 11) is 0. The van der Waals surface area contributed by atoms with Gasteiger partial charge in [0.15, 0.2) is 0 Å². The number of nitrogens with one attached hydrogen (secondary N) is 2. The average Bonchev–Trinajstić information content (AvgIpc) is 3.46. The van der Waals surface area contributed by atoms with Crippen molar-refractivity contribution in [3.05, 3.63) is 0 Å². The smallest absolute Gasteiger partial charge is 0.287 e. The third kappa shape index (κ3) is 4.21. The fourth-order valence-electron chi connectivity index (χ4n) is 4.91. The molecule has 168 valence electrons. The summed E-state index contributed by atoms with van der Waals surface area (Å²) < 4.78 is 0. The van der Waals surface area contributed by atoms with Gasteiger partial charge in [-0.25, -0.2) is 4.84 Å². The molecule has 2 saturated carbocycles. The molecule has 3 amide bonds. The Morgan fingerprint density at radius 2 is 1.80 bits per heavy atom. The number of piperidine rings is 1. The Hall–Kier alpha value is -1.67. The Balaban J connectivity index is 1.81. The van der Waals surface area contributed by atoms with Gasteiger partial charge in [-0.05, 0) is 46.8 Å². The number of nitrogens with zero attached hydrogens (tertiary/aromatic N) is 1. The number of nitrogens with two attached hydrogens (primary N) is 1. The number of halogens is 1. The molecule has 1 aliphatic heterocycles. The van der Waals surface area contributed by atoms with Crippen molar-refractivity contribution in [2.75, 3.05) is 6.54 Å². The van der Waals surface area contributed by atoms with Crippen molar-refractivity contribution in [3.63, 3.8) is 0 Å². The van der Waals surface area contributed by atoms with Crippen molar-refractivity contribution >= 4 is 35.3 Å². The number of Topliss-reactive ketones (excluding diaryl/α,β-unsaturated/α-hetero) is 1. The van der Waals surface area contributed by atoms with Crippen LogP contribution in [0.4, 0.5) is 0 Å². The highest BCUT2D eigenvalue weighted by atomic mass is 35.5. The third-order valence-corrected chi connectivity index (χ3v) is 7.34. The van der Waals surface area contributed by atoms with Gasteiger partial charge in [0.25, 0.3) is 5.91 Å². The number of carbonyl (C=O) groups excluding carboxylic acids is 4. The van der Waals surface area contributed by atoms with E-state index in [1.165, 1.54) is 0 Å². The minimum absolute atomic E-state index is 0.00245. The van der Waals surface area contributed by atoms with Crippen LogP contribution in [0.25, 0.3) is 0 Å². The van der Waals surface area contributed by atoms with Crippen LogP contribution in [0, 0.1) is 28.6 Å². The van der Waals surface area contributed by atoms with Gasteiger partial charge in [-0.2, -0.15) is 0 Å². The normalized spacial score (nSPS) is 29.0. The molecule has 4 N–H and O–H groups in total. The molecule has 1 heterocycles. The molecule has 3 rings (SSSR count). The standard InChI is InChI=1S/C21H33ClN4O4/c1-20(2,3)16(25-22)19(30)26-9-11-13(21(11,4)5)14(26)18(29)24-12(8-10-6-7-10)15(27)17(23)28/h10-14,16,25H,6-9H2,1-5H3,(H2,23,28)(H,24,29)/t11?,12?,13?,14?,16-/m1/s1. The molecule has 0 aromatic carbocycles. The Morgan fingerprint density at radius 3 is 2.27 bits per heavy atom. The number of likely N-dealkylation sites (tertiary alicyclic amines) is 1. The lowest BCUT2D eigenvalue weighted by atomic mass is 9.86. The first-order chi connectivity index (χ1) is 13.8. The van der Waals surface area contributed by atoms with Crippen molar-refractivity contribution in [2.45, 2.75) is 72.0 Å². The maximum Gasteiger partial charge on any atom is 0.287 e. The van der Waals surface area contributed by atoms with E-state index < -0.39 is 41.1 Å². The van der Waals surface area contributed by atoms with Gasteiger partial charge in [0.1, 0.15) is 12.1 Å². The molecule has 9 heteroatoms. The van der Waals surface area contributed by atoms with Crippen molar-refractivity contribution in [1.82, 2.24) is 15.1 Å². The molecule has 0 spiro atoms. The van der Waals surface area contributed by atoms with Crippen LogP contribution in [-0.4, -0.2) is 53.1 Å². The van der Waals surface area contributed by atoms with Crippen LogP contribution in [0.2, 0.25) is 0 Å². The second kappa shape index (κ2) is 7.79. The fraction of sp³-hybridized carbons (Fsp3) is 0.810. The number of fused-ring (bicyclic) bond motifs is 1. The number of ketones is 1. The van der Waals surface area contributed by atoms with Gasteiger partial charge >= 0.3 is 0 Å². The molecule has 2 aliphatic carbocycles. The van der Waals surface area contributed by atoms with Crippen molar-refractivity contribution in [3.8, 4) is 0 Å². The molecule has 0 aromatic rings. The van der Waals surface area contributed by atoms with Gasteiger partial charge in [-0.1, -0.05) is 47.5 Å². The second-order valence-electron chi connectivity index (χ2n) is 10.8. The van der Waals surface area contributed by atoms with Crippen LogP contribution in [-0.2, 0) is 19.2 Å². The van der Waals surface area contributed by atoms with Gasteiger partial charge < -0.3 is 16.0 Å². The molecule has 8 nitrogen and oxygen atoms in total. The molecule has 3 fully saturated rings. The highest BCUT2D eigenvalue weighted by molar-refractivity contribution is 6.37. The quantitative estimate of drug-likeness (QED) is 0.383. The first-order valence-corrected chi connectivity index (χ1v) is 11.0. The van der Waals surface area contributed by atoms with Gasteiger partial charge in [0, 0.05) is 6.54 Å². The van der Waals surface area contributed by atoms with Gasteiger partial charge in [0.2, 0.25) is 17.6 Å². The molecule has 1 saturated heterocycles. The van der Waals surface area contributed by atoms with Crippen LogP contribution in [0.5, 0.6) is 0 Å². The molecule has 3 aliphatic rings. The largest absolute Gasteiger partial charge is 0.363 e. The van der Waals surface area contributed by atoms with E-state index in [9.17, 15) is 19.2 Å². The minimum atomic E-state index is -1.05. The lowest BCUT2D eigenvalue weighted by Gasteiger charge is -2.36. The Bertz CT molecular complexity index is 759. The summed E-state index contributed by atoms with van der Waals surface area (Å²) in [5.74, 6) is -1.94. The average molecular weight is 441 g/mol. The number of amides is 3. The number of rotatable bonds is 8. The maximum atomic E-state index is 13.3. The van der Waals surface area contributed by atoms with E-state index in [4.69, 9.17) is 17.5 Å². The zero-order chi connectivity index (χ0) is 22.6. The summed E-state index contributed by atoms with van der Waals surface area (Å²) in [6.07, 6.45) is 2.34. The second-order valence-corrected chi connectivity index (χ2v) is 11.0. The van der Waals surface area contributed by atoms with Crippen molar-refractivity contribution in [1.29, 1.82) is 0 Å². The lowest BCUT2D eigenvalue weighted by molar-refractivity contribution is -0.145. The Labute approximate surface area is 182 Å². The minimum Gasteiger partial charge on any atom is -0.363 e. The number of carbonyl (C=O) groups is 4. The summed E-state index contributed by atoms with van der Waals surface area (Å²) in [6.45, 7) is 10.3. The molecule has 30 heavy (non-hydrogen) atoms. The Kier molecular flexibility index (Phi) is 5.97. The van der Waals surface area contributed by atoms with E-state index in [2.05, 4.69) is 24.0 Å².